The predicted octanol–water partition coefficient (Wildman–Crippen LogP) is 5.34. The maximum atomic E-state index is 6.29. The molecule has 5 rings (SSSR count). The summed E-state index contributed by atoms with van der Waals surface area (Å²) < 4.78 is 6.29. The Hall–Kier alpha value is -2.54. The van der Waals surface area contributed by atoms with Crippen molar-refractivity contribution < 1.29 is 4.74 Å². The number of nitrogens with one attached hydrogen (secondary N) is 1. The Morgan fingerprint density at radius 3 is 2.86 bits per heavy atom. The van der Waals surface area contributed by atoms with Crippen LogP contribution in [0.1, 0.15) is 54.0 Å². The fraction of sp³-hybridized carbons (Fsp3) is 0.385. The quantitative estimate of drug-likeness (QED) is 0.617. The highest BCUT2D eigenvalue weighted by atomic mass is 16.5. The van der Waals surface area contributed by atoms with E-state index in [1.54, 1.807) is 0 Å². The van der Waals surface area contributed by atoms with Crippen molar-refractivity contribution in [3.05, 3.63) is 70.9 Å². The minimum absolute atomic E-state index is 0.0582. The highest BCUT2D eigenvalue weighted by molar-refractivity contribution is 5.88. The predicted molar refractivity (Wildman–Crippen MR) is 118 cm³/mol. The number of nitrogens with zero attached hydrogens (tertiary/aromatic N) is 1. The molecule has 2 unspecified atom stereocenters. The number of benzene rings is 2. The van der Waals surface area contributed by atoms with Crippen molar-refractivity contribution in [1.82, 2.24) is 9.88 Å². The topological polar surface area (TPSA) is 28.3 Å². The lowest BCUT2D eigenvalue weighted by atomic mass is 9.81. The molecule has 2 fully saturated rings. The molecule has 0 radical (unpaired) electrons. The molecule has 2 aromatic carbocycles. The third-order valence-corrected chi connectivity index (χ3v) is 6.90. The van der Waals surface area contributed by atoms with E-state index in [0.717, 1.165) is 38.1 Å². The number of hydrogen-bond donors (Lipinski definition) is 1. The van der Waals surface area contributed by atoms with Crippen LogP contribution in [0.3, 0.4) is 0 Å². The van der Waals surface area contributed by atoms with Gasteiger partial charge in [-0.1, -0.05) is 36.3 Å². The van der Waals surface area contributed by atoms with E-state index < -0.39 is 0 Å². The molecule has 0 amide bonds. The summed E-state index contributed by atoms with van der Waals surface area (Å²) in [6.07, 6.45) is 12.5. The second-order valence-corrected chi connectivity index (χ2v) is 8.62. The Bertz CT molecular complexity index is 1050. The molecule has 3 heterocycles. The van der Waals surface area contributed by atoms with Crippen molar-refractivity contribution in [2.75, 3.05) is 13.2 Å². The van der Waals surface area contributed by atoms with Gasteiger partial charge in [-0.05, 0) is 61.4 Å². The molecular formula is C26H28N2O. The van der Waals surface area contributed by atoms with Crippen LogP contribution in [0.15, 0.2) is 48.7 Å². The van der Waals surface area contributed by atoms with Crippen LogP contribution in [-0.2, 0) is 11.3 Å². The van der Waals surface area contributed by atoms with Gasteiger partial charge < -0.3 is 9.72 Å². The summed E-state index contributed by atoms with van der Waals surface area (Å²) in [5.74, 6) is 2.95. The monoisotopic (exact) mass is 384 g/mol. The number of rotatable bonds is 3. The van der Waals surface area contributed by atoms with E-state index in [-0.39, 0.29) is 5.60 Å². The molecule has 2 aliphatic rings. The van der Waals surface area contributed by atoms with Crippen LogP contribution in [0.25, 0.3) is 10.9 Å². The molecule has 0 saturated carbocycles. The van der Waals surface area contributed by atoms with Gasteiger partial charge >= 0.3 is 0 Å². The highest BCUT2D eigenvalue weighted by Crippen LogP contribution is 2.44. The van der Waals surface area contributed by atoms with E-state index in [0.29, 0.717) is 6.04 Å². The van der Waals surface area contributed by atoms with Crippen LogP contribution in [0.5, 0.6) is 0 Å². The number of aromatic amines is 1. The molecule has 2 aliphatic heterocycles. The number of piperidine rings is 1. The summed E-state index contributed by atoms with van der Waals surface area (Å²) >= 11 is 0. The van der Waals surface area contributed by atoms with Crippen molar-refractivity contribution >= 4 is 10.9 Å². The molecule has 1 spiro atoms. The van der Waals surface area contributed by atoms with E-state index >= 15 is 0 Å². The largest absolute Gasteiger partial charge is 0.375 e. The smallest absolute Gasteiger partial charge is 0.0713 e. The van der Waals surface area contributed by atoms with E-state index in [9.17, 15) is 0 Å². The number of ether oxygens (including phenoxy) is 1. The van der Waals surface area contributed by atoms with Gasteiger partial charge in [-0.3, -0.25) is 4.90 Å². The number of fused-ring (bicyclic) bond motifs is 1. The minimum atomic E-state index is 0.0582. The Balaban J connectivity index is 1.53. The first-order valence-corrected chi connectivity index (χ1v) is 10.7. The van der Waals surface area contributed by atoms with E-state index in [1.807, 2.05) is 6.20 Å². The normalized spacial score (nSPS) is 24.9. The lowest BCUT2D eigenvalue weighted by Crippen LogP contribution is -2.45. The molecular weight excluding hydrogens is 356 g/mol. The second-order valence-electron chi connectivity index (χ2n) is 8.62. The third kappa shape index (κ3) is 3.27. The summed E-state index contributed by atoms with van der Waals surface area (Å²) in [7, 11) is 0. The first-order chi connectivity index (χ1) is 14.2. The fourth-order valence-electron chi connectivity index (χ4n) is 5.36. The molecule has 1 aromatic heterocycles. The van der Waals surface area contributed by atoms with Crippen LogP contribution in [-0.4, -0.2) is 28.6 Å². The average molecular weight is 385 g/mol. The van der Waals surface area contributed by atoms with Crippen molar-refractivity contribution in [3.63, 3.8) is 0 Å². The molecule has 2 atom stereocenters. The van der Waals surface area contributed by atoms with Crippen LogP contribution in [0.4, 0.5) is 0 Å². The van der Waals surface area contributed by atoms with Crippen LogP contribution in [0.2, 0.25) is 0 Å². The average Bonchev–Trinajstić information content (AvgIpc) is 3.42. The standard InChI is InChI=1S/C26H28N2O/c1-3-20-16-19(2)25-22(10-13-27-25)23(20)18-28-14-12-26(11-7-15-29-26)17-24(28)21-8-5-4-6-9-21/h1,4-6,8-10,13,16,24,27H,7,11-12,14-15,17-18H2,2H3. The number of aryl methyl sites for hydroxylation is 1. The Morgan fingerprint density at radius 2 is 2.10 bits per heavy atom. The van der Waals surface area contributed by atoms with Crippen molar-refractivity contribution in [2.24, 2.45) is 0 Å². The fourth-order valence-corrected chi connectivity index (χ4v) is 5.36. The van der Waals surface area contributed by atoms with Crippen LogP contribution >= 0.6 is 0 Å². The van der Waals surface area contributed by atoms with Gasteiger partial charge in [0.05, 0.1) is 5.60 Å². The molecule has 29 heavy (non-hydrogen) atoms. The van der Waals surface area contributed by atoms with Crippen LogP contribution < -0.4 is 0 Å². The zero-order valence-electron chi connectivity index (χ0n) is 17.1. The Labute approximate surface area is 173 Å². The van der Waals surface area contributed by atoms with Crippen molar-refractivity contribution in [1.29, 1.82) is 0 Å². The maximum absolute atomic E-state index is 6.29. The first kappa shape index (κ1) is 18.5. The molecule has 1 N–H and O–H groups in total. The van der Waals surface area contributed by atoms with Gasteiger partial charge in [-0.25, -0.2) is 0 Å². The summed E-state index contributed by atoms with van der Waals surface area (Å²) in [4.78, 5) is 6.00. The van der Waals surface area contributed by atoms with E-state index in [2.05, 4.69) is 65.2 Å². The van der Waals surface area contributed by atoms with Crippen LogP contribution in [0, 0.1) is 19.3 Å². The second kappa shape index (κ2) is 7.37. The lowest BCUT2D eigenvalue weighted by Gasteiger charge is -2.45. The molecule has 3 aromatic rings. The van der Waals surface area contributed by atoms with Gasteiger partial charge in [0, 0.05) is 48.4 Å². The highest BCUT2D eigenvalue weighted by Gasteiger charge is 2.43. The van der Waals surface area contributed by atoms with Gasteiger partial charge in [-0.15, -0.1) is 6.42 Å². The van der Waals surface area contributed by atoms with Gasteiger partial charge in [-0.2, -0.15) is 0 Å². The number of terminal acetylenes is 1. The van der Waals surface area contributed by atoms with Gasteiger partial charge in [0.25, 0.3) is 0 Å². The summed E-state index contributed by atoms with van der Waals surface area (Å²) in [5, 5.41) is 1.25. The van der Waals surface area contributed by atoms with E-state index in [4.69, 9.17) is 11.2 Å². The molecule has 3 heteroatoms. The van der Waals surface area contributed by atoms with Gasteiger partial charge in [0.1, 0.15) is 0 Å². The Morgan fingerprint density at radius 1 is 1.24 bits per heavy atom. The third-order valence-electron chi connectivity index (χ3n) is 6.90. The summed E-state index contributed by atoms with van der Waals surface area (Å²) in [5.41, 5.74) is 6.11. The number of likely N-dealkylation sites (tertiary alicyclic amines) is 1. The van der Waals surface area contributed by atoms with Crippen molar-refractivity contribution in [3.8, 4) is 12.3 Å². The number of H-pyrrole nitrogens is 1. The SMILES string of the molecule is C#Cc1cc(C)c2[nH]ccc2c1CN1CCC2(CCCO2)CC1c1ccccc1. The van der Waals surface area contributed by atoms with E-state index in [1.165, 1.54) is 40.4 Å². The van der Waals surface area contributed by atoms with Crippen molar-refractivity contribution in [2.45, 2.75) is 50.8 Å². The molecule has 3 nitrogen and oxygen atoms in total. The Kier molecular flexibility index (Phi) is 4.70. The molecule has 148 valence electrons. The lowest BCUT2D eigenvalue weighted by molar-refractivity contribution is -0.0675. The summed E-state index contributed by atoms with van der Waals surface area (Å²) in [6, 6.07) is 15.6. The maximum Gasteiger partial charge on any atom is 0.0713 e. The molecule has 0 bridgehead atoms. The molecule has 0 aliphatic carbocycles. The number of hydrogen-bond acceptors (Lipinski definition) is 2. The minimum Gasteiger partial charge on any atom is -0.375 e. The number of aromatic nitrogens is 1. The first-order valence-electron chi connectivity index (χ1n) is 10.7. The zero-order chi connectivity index (χ0) is 19.8. The summed E-state index contributed by atoms with van der Waals surface area (Å²) in [6.45, 7) is 4.93. The van der Waals surface area contributed by atoms with Gasteiger partial charge in [0.2, 0.25) is 0 Å². The van der Waals surface area contributed by atoms with Gasteiger partial charge in [0.15, 0.2) is 0 Å². The molecule has 2 saturated heterocycles. The zero-order valence-corrected chi connectivity index (χ0v) is 17.1.